The van der Waals surface area contributed by atoms with E-state index < -0.39 is 36.4 Å². The number of rotatable bonds is 3. The van der Waals surface area contributed by atoms with E-state index in [0.717, 1.165) is 0 Å². The topological polar surface area (TPSA) is 86.3 Å². The number of ether oxygens (including phenoxy) is 4. The molecule has 0 radical (unpaired) electrons. The molecule has 1 aromatic rings. The summed E-state index contributed by atoms with van der Waals surface area (Å²) in [5, 5.41) is 14.0. The fraction of sp³-hybridized carbons (Fsp3) is 0.588. The molecule has 2 fully saturated rings. The lowest BCUT2D eigenvalue weighted by atomic mass is 9.95. The SMILES string of the molecule is CC(=O)N[C@@H]1[C@@H](Oc2ccc(Cl)cc2)O[C@H]2COC(C)(C)O[C@H]2[C@@H]1O. The van der Waals surface area contributed by atoms with Crippen LogP contribution in [-0.2, 0) is 19.0 Å². The average Bonchev–Trinajstić information content (AvgIpc) is 2.53. The fourth-order valence-corrected chi connectivity index (χ4v) is 3.11. The van der Waals surface area contributed by atoms with Crippen molar-refractivity contribution in [1.29, 1.82) is 0 Å². The van der Waals surface area contributed by atoms with Crippen molar-refractivity contribution in [3.8, 4) is 5.75 Å². The second-order valence-electron chi connectivity index (χ2n) is 6.62. The largest absolute Gasteiger partial charge is 0.463 e. The summed E-state index contributed by atoms with van der Waals surface area (Å²) in [6.45, 7) is 5.15. The van der Waals surface area contributed by atoms with Gasteiger partial charge in [-0.1, -0.05) is 11.6 Å². The maximum absolute atomic E-state index is 11.6. The highest BCUT2D eigenvalue weighted by molar-refractivity contribution is 6.30. The molecule has 0 aliphatic carbocycles. The van der Waals surface area contributed by atoms with E-state index in [-0.39, 0.29) is 12.5 Å². The first-order valence-electron chi connectivity index (χ1n) is 8.10. The Bertz CT molecular complexity index is 622. The normalized spacial score (nSPS) is 34.0. The number of nitrogens with one attached hydrogen (secondary N) is 1. The molecule has 0 unspecified atom stereocenters. The van der Waals surface area contributed by atoms with E-state index in [4.69, 9.17) is 30.5 Å². The third kappa shape index (κ3) is 4.24. The molecular weight excluding hydrogens is 350 g/mol. The van der Waals surface area contributed by atoms with E-state index in [1.807, 2.05) is 0 Å². The number of carbonyl (C=O) groups excluding carboxylic acids is 1. The molecule has 3 rings (SSSR count). The number of halogens is 1. The zero-order valence-electron chi connectivity index (χ0n) is 14.3. The smallest absolute Gasteiger partial charge is 0.223 e. The molecule has 138 valence electrons. The standard InChI is InChI=1S/C17H22ClNO6/c1-9(20)19-13-14(21)15-12(8-22-17(2,3)25-15)24-16(13)23-11-6-4-10(18)5-7-11/h4-7,12-16,21H,8H2,1-3H3,(H,19,20)/t12-,13-,14+,15+,16-/m0/s1. The third-order valence-electron chi connectivity index (χ3n) is 4.12. The Morgan fingerprint density at radius 3 is 2.68 bits per heavy atom. The summed E-state index contributed by atoms with van der Waals surface area (Å²) in [5.41, 5.74) is 0. The Balaban J connectivity index is 1.80. The lowest BCUT2D eigenvalue weighted by Crippen LogP contribution is -2.69. The minimum absolute atomic E-state index is 0.252. The number of hydrogen-bond donors (Lipinski definition) is 2. The van der Waals surface area contributed by atoms with Gasteiger partial charge >= 0.3 is 0 Å². The predicted octanol–water partition coefficient (Wildman–Crippen LogP) is 1.46. The van der Waals surface area contributed by atoms with Gasteiger partial charge in [-0.3, -0.25) is 4.79 Å². The van der Waals surface area contributed by atoms with Gasteiger partial charge in [0.1, 0.15) is 30.1 Å². The monoisotopic (exact) mass is 371 g/mol. The van der Waals surface area contributed by atoms with Crippen LogP contribution in [0.3, 0.4) is 0 Å². The molecule has 0 aromatic heterocycles. The summed E-state index contributed by atoms with van der Waals surface area (Å²) in [5.74, 6) is -0.633. The lowest BCUT2D eigenvalue weighted by molar-refractivity contribution is -0.361. The van der Waals surface area contributed by atoms with Crippen molar-refractivity contribution in [2.24, 2.45) is 0 Å². The first-order chi connectivity index (χ1) is 11.7. The summed E-state index contributed by atoms with van der Waals surface area (Å²) in [6, 6.07) is 5.95. The maximum Gasteiger partial charge on any atom is 0.223 e. The van der Waals surface area contributed by atoms with Gasteiger partial charge in [0.25, 0.3) is 0 Å². The number of amides is 1. The molecule has 0 spiro atoms. The van der Waals surface area contributed by atoms with Crippen molar-refractivity contribution in [3.63, 3.8) is 0 Å². The van der Waals surface area contributed by atoms with Crippen molar-refractivity contribution in [2.45, 2.75) is 57.2 Å². The van der Waals surface area contributed by atoms with Crippen molar-refractivity contribution < 1.29 is 28.8 Å². The van der Waals surface area contributed by atoms with Gasteiger partial charge in [-0.2, -0.15) is 0 Å². The summed E-state index contributed by atoms with van der Waals surface area (Å²) in [4.78, 5) is 11.6. The second-order valence-corrected chi connectivity index (χ2v) is 7.06. The van der Waals surface area contributed by atoms with Crippen LogP contribution < -0.4 is 10.1 Å². The van der Waals surface area contributed by atoms with Crippen LogP contribution >= 0.6 is 11.6 Å². The van der Waals surface area contributed by atoms with E-state index in [1.165, 1.54) is 6.92 Å². The molecule has 1 amide bonds. The van der Waals surface area contributed by atoms with E-state index in [0.29, 0.717) is 10.8 Å². The van der Waals surface area contributed by atoms with E-state index in [9.17, 15) is 9.90 Å². The third-order valence-corrected chi connectivity index (χ3v) is 4.38. The van der Waals surface area contributed by atoms with Crippen LogP contribution in [0.25, 0.3) is 0 Å². The quantitative estimate of drug-likeness (QED) is 0.836. The summed E-state index contributed by atoms with van der Waals surface area (Å²) >= 11 is 5.88. The summed E-state index contributed by atoms with van der Waals surface area (Å²) in [6.07, 6.45) is -3.05. The van der Waals surface area contributed by atoms with E-state index in [1.54, 1.807) is 38.1 Å². The zero-order valence-corrected chi connectivity index (χ0v) is 15.0. The minimum Gasteiger partial charge on any atom is -0.463 e. The van der Waals surface area contributed by atoms with Crippen molar-refractivity contribution in [1.82, 2.24) is 5.32 Å². The van der Waals surface area contributed by atoms with Gasteiger partial charge < -0.3 is 29.4 Å². The van der Waals surface area contributed by atoms with Crippen molar-refractivity contribution in [2.75, 3.05) is 6.61 Å². The van der Waals surface area contributed by atoms with Crippen LogP contribution in [0.2, 0.25) is 5.02 Å². The number of fused-ring (bicyclic) bond motifs is 1. The van der Waals surface area contributed by atoms with Gasteiger partial charge in [-0.25, -0.2) is 0 Å². The van der Waals surface area contributed by atoms with E-state index in [2.05, 4.69) is 5.32 Å². The molecule has 2 heterocycles. The molecule has 2 saturated heterocycles. The number of benzene rings is 1. The highest BCUT2D eigenvalue weighted by atomic mass is 35.5. The number of hydrogen-bond acceptors (Lipinski definition) is 6. The van der Waals surface area contributed by atoms with E-state index >= 15 is 0 Å². The Labute approximate surface area is 151 Å². The molecule has 8 heteroatoms. The van der Waals surface area contributed by atoms with Gasteiger partial charge in [-0.05, 0) is 38.1 Å². The van der Waals surface area contributed by atoms with Crippen LogP contribution in [0, 0.1) is 0 Å². The van der Waals surface area contributed by atoms with Gasteiger partial charge in [0.05, 0.1) is 6.61 Å². The molecule has 2 N–H and O–H groups in total. The van der Waals surface area contributed by atoms with Crippen LogP contribution in [0.15, 0.2) is 24.3 Å². The Kier molecular flexibility index (Phi) is 5.22. The molecule has 25 heavy (non-hydrogen) atoms. The molecule has 0 saturated carbocycles. The second kappa shape index (κ2) is 7.09. The van der Waals surface area contributed by atoms with Gasteiger partial charge in [0.15, 0.2) is 5.79 Å². The molecular formula is C17H22ClNO6. The fourth-order valence-electron chi connectivity index (χ4n) is 2.98. The highest BCUT2D eigenvalue weighted by Crippen LogP contribution is 2.33. The molecule has 2 aliphatic heterocycles. The van der Waals surface area contributed by atoms with Crippen LogP contribution in [0.1, 0.15) is 20.8 Å². The highest BCUT2D eigenvalue weighted by Gasteiger charge is 2.52. The minimum atomic E-state index is -1.01. The maximum atomic E-state index is 11.6. The number of aliphatic hydroxyl groups excluding tert-OH is 1. The van der Waals surface area contributed by atoms with Gasteiger partial charge in [0.2, 0.25) is 12.2 Å². The first-order valence-corrected chi connectivity index (χ1v) is 8.47. The summed E-state index contributed by atoms with van der Waals surface area (Å²) in [7, 11) is 0. The van der Waals surface area contributed by atoms with Crippen LogP contribution in [0.4, 0.5) is 0 Å². The zero-order chi connectivity index (χ0) is 18.2. The van der Waals surface area contributed by atoms with Gasteiger partial charge in [-0.15, -0.1) is 0 Å². The molecule has 2 aliphatic rings. The lowest BCUT2D eigenvalue weighted by Gasteiger charge is -2.49. The van der Waals surface area contributed by atoms with Crippen LogP contribution in [-0.4, -0.2) is 54.1 Å². The molecule has 5 atom stereocenters. The number of carbonyl (C=O) groups is 1. The molecule has 7 nitrogen and oxygen atoms in total. The average molecular weight is 372 g/mol. The number of aliphatic hydroxyl groups is 1. The van der Waals surface area contributed by atoms with Crippen molar-refractivity contribution in [3.05, 3.63) is 29.3 Å². The Morgan fingerprint density at radius 2 is 2.04 bits per heavy atom. The predicted molar refractivity (Wildman–Crippen MR) is 89.3 cm³/mol. The Morgan fingerprint density at radius 1 is 1.36 bits per heavy atom. The molecule has 1 aromatic carbocycles. The molecule has 0 bridgehead atoms. The summed E-state index contributed by atoms with van der Waals surface area (Å²) < 4.78 is 23.1. The van der Waals surface area contributed by atoms with Gasteiger partial charge in [0, 0.05) is 11.9 Å². The van der Waals surface area contributed by atoms with Crippen molar-refractivity contribution >= 4 is 17.5 Å². The van der Waals surface area contributed by atoms with Crippen LogP contribution in [0.5, 0.6) is 5.75 Å². The first kappa shape index (κ1) is 18.4. The Hall–Kier alpha value is -1.38.